The minimum atomic E-state index is -0.523. The predicted octanol–water partition coefficient (Wildman–Crippen LogP) is 2.66. The second-order valence-electron chi connectivity index (χ2n) is 7.58. The molecule has 1 saturated carbocycles. The van der Waals surface area contributed by atoms with Gasteiger partial charge in [-0.05, 0) is 43.6 Å². The maximum absolute atomic E-state index is 12.3. The smallest absolute Gasteiger partial charge is 0.270 e. The maximum atomic E-state index is 12.3. The third kappa shape index (κ3) is 4.20. The van der Waals surface area contributed by atoms with Crippen LogP contribution in [0, 0.1) is 27.9 Å². The highest BCUT2D eigenvalue weighted by Gasteiger charge is 2.38. The first-order chi connectivity index (χ1) is 12.4. The molecule has 7 nitrogen and oxygen atoms in total. The first-order valence-corrected chi connectivity index (χ1v) is 9.27. The van der Waals surface area contributed by atoms with Gasteiger partial charge in [0.2, 0.25) is 5.91 Å². The Morgan fingerprint density at radius 2 is 2.15 bits per heavy atom. The van der Waals surface area contributed by atoms with Gasteiger partial charge in [0.05, 0.1) is 4.92 Å². The van der Waals surface area contributed by atoms with Crippen molar-refractivity contribution in [1.29, 1.82) is 0 Å². The molecule has 1 aliphatic heterocycles. The van der Waals surface area contributed by atoms with Gasteiger partial charge in [-0.3, -0.25) is 19.7 Å². The largest absolute Gasteiger partial charge is 0.353 e. The molecule has 7 heteroatoms. The molecule has 2 amide bonds. The number of non-ortho nitro benzene ring substituents is 1. The zero-order valence-electron chi connectivity index (χ0n) is 14.9. The van der Waals surface area contributed by atoms with Gasteiger partial charge in [-0.2, -0.15) is 0 Å². The van der Waals surface area contributed by atoms with E-state index in [4.69, 9.17) is 0 Å². The highest BCUT2D eigenvalue weighted by molar-refractivity contribution is 5.94. The molecule has 2 aliphatic rings. The SMILES string of the molecule is CC1CCC2CC(CCNC(=O)c3cccc([N+](=O)[O-])c3)C(=O)NC2C1. The van der Waals surface area contributed by atoms with Gasteiger partial charge < -0.3 is 10.6 Å². The lowest BCUT2D eigenvalue weighted by Gasteiger charge is -2.41. The average molecular weight is 359 g/mol. The molecule has 4 atom stereocenters. The van der Waals surface area contributed by atoms with Gasteiger partial charge in [0.15, 0.2) is 0 Å². The van der Waals surface area contributed by atoms with Crippen molar-refractivity contribution in [1.82, 2.24) is 10.6 Å². The predicted molar refractivity (Wildman–Crippen MR) is 96.6 cm³/mol. The van der Waals surface area contributed by atoms with Crippen LogP contribution in [0.5, 0.6) is 0 Å². The monoisotopic (exact) mass is 359 g/mol. The molecular formula is C19H25N3O4. The van der Waals surface area contributed by atoms with E-state index < -0.39 is 4.92 Å². The number of carbonyl (C=O) groups is 2. The van der Waals surface area contributed by atoms with E-state index in [-0.39, 0.29) is 29.0 Å². The number of fused-ring (bicyclic) bond motifs is 1. The Balaban J connectivity index is 1.50. The van der Waals surface area contributed by atoms with E-state index in [1.807, 2.05) is 0 Å². The van der Waals surface area contributed by atoms with Crippen LogP contribution in [-0.4, -0.2) is 29.3 Å². The molecular weight excluding hydrogens is 334 g/mol. The summed E-state index contributed by atoms with van der Waals surface area (Å²) in [6.07, 6.45) is 4.91. The molecule has 4 unspecified atom stereocenters. The lowest BCUT2D eigenvalue weighted by atomic mass is 9.72. The lowest BCUT2D eigenvalue weighted by molar-refractivity contribution is -0.384. The van der Waals surface area contributed by atoms with Crippen LogP contribution in [0.25, 0.3) is 0 Å². The number of amides is 2. The zero-order chi connectivity index (χ0) is 18.7. The summed E-state index contributed by atoms with van der Waals surface area (Å²) < 4.78 is 0. The second kappa shape index (κ2) is 7.85. The summed E-state index contributed by atoms with van der Waals surface area (Å²) in [6.45, 7) is 2.62. The summed E-state index contributed by atoms with van der Waals surface area (Å²) >= 11 is 0. The molecule has 3 rings (SSSR count). The van der Waals surface area contributed by atoms with Crippen molar-refractivity contribution in [3.05, 3.63) is 39.9 Å². The third-order valence-electron chi connectivity index (χ3n) is 5.64. The van der Waals surface area contributed by atoms with E-state index in [0.717, 1.165) is 19.3 Å². The minimum Gasteiger partial charge on any atom is -0.353 e. The van der Waals surface area contributed by atoms with Crippen LogP contribution in [0.1, 0.15) is 49.4 Å². The van der Waals surface area contributed by atoms with Crippen LogP contribution in [0.4, 0.5) is 5.69 Å². The Labute approximate surface area is 152 Å². The number of rotatable bonds is 5. The fourth-order valence-corrected chi connectivity index (χ4v) is 4.15. The van der Waals surface area contributed by atoms with Crippen molar-refractivity contribution in [3.63, 3.8) is 0 Å². The van der Waals surface area contributed by atoms with Crippen molar-refractivity contribution in [2.45, 2.75) is 45.1 Å². The number of nitro groups is 1. The van der Waals surface area contributed by atoms with Crippen molar-refractivity contribution in [2.75, 3.05) is 6.54 Å². The Morgan fingerprint density at radius 3 is 2.92 bits per heavy atom. The van der Waals surface area contributed by atoms with E-state index in [0.29, 0.717) is 30.8 Å². The van der Waals surface area contributed by atoms with E-state index in [1.54, 1.807) is 6.07 Å². The lowest BCUT2D eigenvalue weighted by Crippen LogP contribution is -2.52. The highest BCUT2D eigenvalue weighted by Crippen LogP contribution is 2.36. The van der Waals surface area contributed by atoms with E-state index in [1.165, 1.54) is 24.6 Å². The summed E-state index contributed by atoms with van der Waals surface area (Å²) in [5.74, 6) is 0.873. The van der Waals surface area contributed by atoms with Crippen LogP contribution in [0.3, 0.4) is 0 Å². The van der Waals surface area contributed by atoms with Gasteiger partial charge >= 0.3 is 0 Å². The molecule has 1 heterocycles. The maximum Gasteiger partial charge on any atom is 0.270 e. The number of benzene rings is 1. The van der Waals surface area contributed by atoms with Crippen molar-refractivity contribution in [3.8, 4) is 0 Å². The standard InChI is InChI=1S/C19H25N3O4/c1-12-5-6-13-10-15(19(24)21-17(13)9-12)7-8-20-18(23)14-3-2-4-16(11-14)22(25)26/h2-4,11-13,15,17H,5-10H2,1H3,(H,20,23)(H,21,24). The van der Waals surface area contributed by atoms with Crippen LogP contribution < -0.4 is 10.6 Å². The van der Waals surface area contributed by atoms with Crippen molar-refractivity contribution in [2.24, 2.45) is 17.8 Å². The second-order valence-corrected chi connectivity index (χ2v) is 7.58. The zero-order valence-corrected chi connectivity index (χ0v) is 14.9. The molecule has 0 radical (unpaired) electrons. The Morgan fingerprint density at radius 1 is 1.35 bits per heavy atom. The fourth-order valence-electron chi connectivity index (χ4n) is 4.15. The quantitative estimate of drug-likeness (QED) is 0.623. The molecule has 2 N–H and O–H groups in total. The summed E-state index contributed by atoms with van der Waals surface area (Å²) in [6, 6.07) is 5.96. The summed E-state index contributed by atoms with van der Waals surface area (Å²) in [4.78, 5) is 34.8. The van der Waals surface area contributed by atoms with E-state index in [2.05, 4.69) is 17.6 Å². The molecule has 1 aromatic carbocycles. The van der Waals surface area contributed by atoms with E-state index >= 15 is 0 Å². The first-order valence-electron chi connectivity index (χ1n) is 9.27. The van der Waals surface area contributed by atoms with Crippen LogP contribution in [-0.2, 0) is 4.79 Å². The Bertz CT molecular complexity index is 706. The fraction of sp³-hybridized carbons (Fsp3) is 0.579. The van der Waals surface area contributed by atoms with Gasteiger partial charge in [0, 0.05) is 36.2 Å². The van der Waals surface area contributed by atoms with Gasteiger partial charge in [-0.25, -0.2) is 0 Å². The number of carbonyl (C=O) groups excluding carboxylic acids is 2. The minimum absolute atomic E-state index is 0.0740. The van der Waals surface area contributed by atoms with Gasteiger partial charge in [-0.15, -0.1) is 0 Å². The highest BCUT2D eigenvalue weighted by atomic mass is 16.6. The Hall–Kier alpha value is -2.44. The molecule has 0 aromatic heterocycles. The summed E-state index contributed by atoms with van der Waals surface area (Å²) in [5.41, 5.74) is 0.149. The van der Waals surface area contributed by atoms with E-state index in [9.17, 15) is 19.7 Å². The molecule has 1 aromatic rings. The summed E-state index contributed by atoms with van der Waals surface area (Å²) in [7, 11) is 0. The topological polar surface area (TPSA) is 101 Å². The van der Waals surface area contributed by atoms with Crippen LogP contribution in [0.15, 0.2) is 24.3 Å². The molecule has 0 bridgehead atoms. The number of nitrogens with zero attached hydrogens (tertiary/aromatic N) is 1. The molecule has 0 spiro atoms. The van der Waals surface area contributed by atoms with Crippen molar-refractivity contribution >= 4 is 17.5 Å². The molecule has 26 heavy (non-hydrogen) atoms. The Kier molecular flexibility index (Phi) is 5.54. The van der Waals surface area contributed by atoms with Gasteiger partial charge in [0.1, 0.15) is 0 Å². The summed E-state index contributed by atoms with van der Waals surface area (Å²) in [5, 5.41) is 16.7. The third-order valence-corrected chi connectivity index (χ3v) is 5.64. The first kappa shape index (κ1) is 18.4. The molecule has 1 saturated heterocycles. The molecule has 1 aliphatic carbocycles. The average Bonchev–Trinajstić information content (AvgIpc) is 2.62. The van der Waals surface area contributed by atoms with Crippen LogP contribution in [0.2, 0.25) is 0 Å². The number of nitrogens with one attached hydrogen (secondary N) is 2. The molecule has 2 fully saturated rings. The van der Waals surface area contributed by atoms with Gasteiger partial charge in [0.25, 0.3) is 11.6 Å². The number of piperidine rings is 1. The number of hydrogen-bond donors (Lipinski definition) is 2. The van der Waals surface area contributed by atoms with Gasteiger partial charge in [-0.1, -0.05) is 19.4 Å². The molecule has 140 valence electrons. The van der Waals surface area contributed by atoms with Crippen molar-refractivity contribution < 1.29 is 14.5 Å². The van der Waals surface area contributed by atoms with Crippen LogP contribution >= 0.6 is 0 Å². The number of nitro benzene ring substituents is 1. The number of hydrogen-bond acceptors (Lipinski definition) is 4. The normalized spacial score (nSPS) is 28.0.